The first-order chi connectivity index (χ1) is 10.0. The zero-order chi connectivity index (χ0) is 15.5. The lowest BCUT2D eigenvalue weighted by atomic mass is 9.76. The first-order valence-electron chi connectivity index (χ1n) is 6.52. The average molecular weight is 356 g/mol. The molecule has 2 nitrogen and oxygen atoms in total. The van der Waals surface area contributed by atoms with Gasteiger partial charge in [0.25, 0.3) is 0 Å². The van der Waals surface area contributed by atoms with E-state index >= 15 is 0 Å². The summed E-state index contributed by atoms with van der Waals surface area (Å²) in [4.78, 5) is 0. The molecule has 5 heteroatoms. The molecule has 1 unspecified atom stereocenters. The Bertz CT molecular complexity index is 612. The second-order valence-corrected chi connectivity index (χ2v) is 5.93. The van der Waals surface area contributed by atoms with Gasteiger partial charge in [0, 0.05) is 12.0 Å². The van der Waals surface area contributed by atoms with E-state index in [4.69, 9.17) is 5.73 Å². The molecule has 0 heterocycles. The molecule has 0 amide bonds. The van der Waals surface area contributed by atoms with Crippen molar-refractivity contribution in [3.8, 4) is 0 Å². The highest BCUT2D eigenvalue weighted by molar-refractivity contribution is 9.10. The Morgan fingerprint density at radius 2 is 1.76 bits per heavy atom. The molecule has 21 heavy (non-hydrogen) atoms. The molecule has 1 atom stereocenters. The molecule has 2 aromatic carbocycles. The molecule has 0 radical (unpaired) electrons. The van der Waals surface area contributed by atoms with Gasteiger partial charge in [-0.25, -0.2) is 8.78 Å². The van der Waals surface area contributed by atoms with Crippen LogP contribution in [0.5, 0.6) is 0 Å². The minimum absolute atomic E-state index is 0.176. The second kappa shape index (κ2) is 6.64. The summed E-state index contributed by atoms with van der Waals surface area (Å²) in [6, 6.07) is 10.6. The molecule has 0 spiro atoms. The molecule has 0 aliphatic carbocycles. The van der Waals surface area contributed by atoms with Gasteiger partial charge in [-0.15, -0.1) is 0 Å². The van der Waals surface area contributed by atoms with Gasteiger partial charge in [0.05, 0.1) is 11.1 Å². The molecule has 0 aromatic heterocycles. The van der Waals surface area contributed by atoms with Crippen molar-refractivity contribution in [3.05, 3.63) is 69.7 Å². The van der Waals surface area contributed by atoms with Gasteiger partial charge in [0.2, 0.25) is 0 Å². The van der Waals surface area contributed by atoms with Gasteiger partial charge in [-0.1, -0.05) is 18.2 Å². The van der Waals surface area contributed by atoms with Crippen molar-refractivity contribution in [2.75, 3.05) is 13.2 Å². The Morgan fingerprint density at radius 1 is 1.10 bits per heavy atom. The summed E-state index contributed by atoms with van der Waals surface area (Å²) < 4.78 is 26.7. The number of nitrogens with two attached hydrogens (primary N) is 1. The maximum absolute atomic E-state index is 13.3. The van der Waals surface area contributed by atoms with E-state index in [0.717, 1.165) is 11.1 Å². The lowest BCUT2D eigenvalue weighted by Gasteiger charge is -2.31. The van der Waals surface area contributed by atoms with Crippen molar-refractivity contribution in [2.45, 2.75) is 11.8 Å². The summed E-state index contributed by atoms with van der Waals surface area (Å²) >= 11 is 3.14. The maximum atomic E-state index is 13.3. The van der Waals surface area contributed by atoms with Crippen LogP contribution in [0.15, 0.2) is 46.9 Å². The number of rotatable bonds is 5. The molecule has 0 fully saturated rings. The Morgan fingerprint density at radius 3 is 2.29 bits per heavy atom. The van der Waals surface area contributed by atoms with Crippen LogP contribution in [0.1, 0.15) is 11.1 Å². The molecular formula is C16H16BrF2NO. The van der Waals surface area contributed by atoms with Gasteiger partial charge in [-0.3, -0.25) is 0 Å². The summed E-state index contributed by atoms with van der Waals surface area (Å²) in [5.74, 6) is -0.685. The zero-order valence-corrected chi connectivity index (χ0v) is 12.9. The van der Waals surface area contributed by atoms with Crippen LogP contribution >= 0.6 is 15.9 Å². The highest BCUT2D eigenvalue weighted by atomic mass is 79.9. The Balaban J connectivity index is 2.37. The smallest absolute Gasteiger partial charge is 0.137 e. The second-order valence-electron chi connectivity index (χ2n) is 5.07. The SMILES string of the molecule is NCC(CO)(Cc1ccc(F)c(Br)c1)c1ccc(F)cc1. The third-order valence-corrected chi connectivity index (χ3v) is 4.28. The molecule has 0 bridgehead atoms. The van der Waals surface area contributed by atoms with Crippen molar-refractivity contribution in [3.63, 3.8) is 0 Å². The fraction of sp³-hybridized carbons (Fsp3) is 0.250. The van der Waals surface area contributed by atoms with Crippen LogP contribution in [-0.2, 0) is 11.8 Å². The molecule has 2 rings (SSSR count). The predicted molar refractivity (Wildman–Crippen MR) is 82.0 cm³/mol. The van der Waals surface area contributed by atoms with Gasteiger partial charge in [-0.2, -0.15) is 0 Å². The van der Waals surface area contributed by atoms with E-state index in [1.165, 1.54) is 18.2 Å². The summed E-state index contributed by atoms with van der Waals surface area (Å²) in [6.45, 7) is 0.0221. The predicted octanol–water partition coefficient (Wildman–Crippen LogP) is 3.16. The summed E-state index contributed by atoms with van der Waals surface area (Å²) in [7, 11) is 0. The van der Waals surface area contributed by atoms with Crippen molar-refractivity contribution in [1.29, 1.82) is 0 Å². The zero-order valence-electron chi connectivity index (χ0n) is 11.3. The topological polar surface area (TPSA) is 46.2 Å². The summed E-state index contributed by atoms with van der Waals surface area (Å²) in [5.41, 5.74) is 6.75. The number of benzene rings is 2. The molecular weight excluding hydrogens is 340 g/mol. The van der Waals surface area contributed by atoms with E-state index in [1.807, 2.05) is 0 Å². The first-order valence-corrected chi connectivity index (χ1v) is 7.31. The molecule has 0 aliphatic rings. The first kappa shape index (κ1) is 16.1. The van der Waals surface area contributed by atoms with Crippen LogP contribution in [0, 0.1) is 11.6 Å². The van der Waals surface area contributed by atoms with E-state index in [2.05, 4.69) is 15.9 Å². The molecule has 0 saturated carbocycles. The normalized spacial score (nSPS) is 14.0. The van der Waals surface area contributed by atoms with Crippen LogP contribution in [0.4, 0.5) is 8.78 Å². The third kappa shape index (κ3) is 3.48. The van der Waals surface area contributed by atoms with Crippen LogP contribution in [0.25, 0.3) is 0 Å². The standard InChI is InChI=1S/C16H16BrF2NO/c17-14-7-11(1-6-15(14)19)8-16(9-20,10-21)12-2-4-13(18)5-3-12/h1-7,21H,8-10,20H2. The van der Waals surface area contributed by atoms with Crippen LogP contribution in [-0.4, -0.2) is 18.3 Å². The number of aliphatic hydroxyl groups excluding tert-OH is 1. The molecule has 112 valence electrons. The van der Waals surface area contributed by atoms with Crippen LogP contribution in [0.2, 0.25) is 0 Å². The van der Waals surface area contributed by atoms with Gasteiger partial charge in [-0.05, 0) is 57.7 Å². The number of hydrogen-bond acceptors (Lipinski definition) is 2. The van der Waals surface area contributed by atoms with Gasteiger partial charge >= 0.3 is 0 Å². The van der Waals surface area contributed by atoms with Crippen molar-refractivity contribution in [2.24, 2.45) is 5.73 Å². The van der Waals surface area contributed by atoms with E-state index in [1.54, 1.807) is 24.3 Å². The van der Waals surface area contributed by atoms with Gasteiger partial charge < -0.3 is 10.8 Å². The van der Waals surface area contributed by atoms with Gasteiger partial charge in [0.1, 0.15) is 11.6 Å². The highest BCUT2D eigenvalue weighted by Crippen LogP contribution is 2.29. The third-order valence-electron chi connectivity index (χ3n) is 3.68. The van der Waals surface area contributed by atoms with E-state index in [9.17, 15) is 13.9 Å². The van der Waals surface area contributed by atoms with Crippen molar-refractivity contribution < 1.29 is 13.9 Å². The highest BCUT2D eigenvalue weighted by Gasteiger charge is 2.30. The lowest BCUT2D eigenvalue weighted by Crippen LogP contribution is -2.41. The van der Waals surface area contributed by atoms with E-state index in [0.29, 0.717) is 10.9 Å². The molecule has 3 N–H and O–H groups in total. The maximum Gasteiger partial charge on any atom is 0.137 e. The number of aliphatic hydroxyl groups is 1. The minimum atomic E-state index is -0.717. The van der Waals surface area contributed by atoms with Crippen LogP contribution in [0.3, 0.4) is 0 Å². The minimum Gasteiger partial charge on any atom is -0.395 e. The Kier molecular flexibility index (Phi) is 5.08. The fourth-order valence-electron chi connectivity index (χ4n) is 2.35. The summed E-state index contributed by atoms with van der Waals surface area (Å²) in [6.07, 6.45) is 0.435. The number of halogens is 3. The Labute approximate surface area is 130 Å². The van der Waals surface area contributed by atoms with Crippen molar-refractivity contribution >= 4 is 15.9 Å². The molecule has 0 saturated heterocycles. The van der Waals surface area contributed by atoms with E-state index in [-0.39, 0.29) is 24.8 Å². The van der Waals surface area contributed by atoms with Gasteiger partial charge in [0.15, 0.2) is 0 Å². The average Bonchev–Trinajstić information content (AvgIpc) is 2.49. The number of hydrogen-bond donors (Lipinski definition) is 2. The molecule has 2 aromatic rings. The lowest BCUT2D eigenvalue weighted by molar-refractivity contribution is 0.196. The van der Waals surface area contributed by atoms with Crippen LogP contribution < -0.4 is 5.73 Å². The summed E-state index contributed by atoms with van der Waals surface area (Å²) in [5, 5.41) is 9.82. The van der Waals surface area contributed by atoms with E-state index < -0.39 is 5.41 Å². The quantitative estimate of drug-likeness (QED) is 0.865. The monoisotopic (exact) mass is 355 g/mol. The molecule has 0 aliphatic heterocycles. The fourth-order valence-corrected chi connectivity index (χ4v) is 2.77. The largest absolute Gasteiger partial charge is 0.395 e. The van der Waals surface area contributed by atoms with Crippen molar-refractivity contribution in [1.82, 2.24) is 0 Å². The Hall–Kier alpha value is -1.30.